The van der Waals surface area contributed by atoms with Gasteiger partial charge in [0.25, 0.3) is 0 Å². The molecule has 0 spiro atoms. The first-order chi connectivity index (χ1) is 33.8. The van der Waals surface area contributed by atoms with E-state index in [0.29, 0.717) is 17.5 Å². The number of rotatable bonds is 9. The molecule has 0 aliphatic carbocycles. The third kappa shape index (κ3) is 9.70. The van der Waals surface area contributed by atoms with Crippen molar-refractivity contribution < 1.29 is 24.5 Å². The topological polar surface area (TPSA) is 82.5 Å². The Morgan fingerprint density at radius 1 is 0.606 bits per heavy atom. The second-order valence-corrected chi connectivity index (χ2v) is 24.6. The van der Waals surface area contributed by atoms with Crippen molar-refractivity contribution in [1.82, 2.24) is 29.5 Å². The molecule has 7 nitrogen and oxygen atoms in total. The van der Waals surface area contributed by atoms with E-state index in [0.717, 1.165) is 101 Å². The Kier molecular flexibility index (Phi) is 14.0. The Morgan fingerprint density at radius 3 is 1.92 bits per heavy atom. The van der Waals surface area contributed by atoms with Crippen molar-refractivity contribution >= 4 is 46.4 Å². The molecule has 0 amide bonds. The van der Waals surface area contributed by atoms with E-state index in [1.807, 2.05) is 43.5 Å². The average Bonchev–Trinajstić information content (AvgIpc) is 3.95. The second-order valence-electron chi connectivity index (χ2n) is 19.6. The molecule has 1 radical (unpaired) electrons. The van der Waals surface area contributed by atoms with Gasteiger partial charge in [-0.05, 0) is 90.2 Å². The molecular formula is C62H56IrN6OSi-2. The second kappa shape index (κ2) is 20.3. The van der Waals surface area contributed by atoms with E-state index in [1.54, 1.807) is 0 Å². The molecular weight excluding hydrogens is 1070 g/mol. The maximum absolute atomic E-state index is 6.64. The van der Waals surface area contributed by atoms with Crippen LogP contribution in [0.4, 0.5) is 0 Å². The van der Waals surface area contributed by atoms with Crippen molar-refractivity contribution in [2.45, 2.75) is 67.1 Å². The Labute approximate surface area is 431 Å². The van der Waals surface area contributed by atoms with Gasteiger partial charge in [0.1, 0.15) is 0 Å². The zero-order valence-electron chi connectivity index (χ0n) is 41.7. The van der Waals surface area contributed by atoms with Gasteiger partial charge in [-0.2, -0.15) is 0 Å². The fraction of sp³-hybridized carbons (Fsp3) is 0.177. The van der Waals surface area contributed by atoms with Crippen LogP contribution in [0.25, 0.3) is 94.8 Å². The predicted octanol–water partition coefficient (Wildman–Crippen LogP) is 15.4. The van der Waals surface area contributed by atoms with E-state index in [9.17, 15) is 0 Å². The number of nitrogens with zero attached hydrogens (tertiary/aromatic N) is 6. The first-order valence-corrected chi connectivity index (χ1v) is 27.6. The third-order valence-corrected chi connectivity index (χ3v) is 15.3. The Balaban J connectivity index is 0.000000211. The van der Waals surface area contributed by atoms with Crippen LogP contribution >= 0.6 is 0 Å². The van der Waals surface area contributed by atoms with E-state index < -0.39 is 8.07 Å². The van der Waals surface area contributed by atoms with Crippen LogP contribution in [0, 0.1) is 38.8 Å². The van der Waals surface area contributed by atoms with Crippen LogP contribution < -0.4 is 5.19 Å². The molecule has 11 aromatic rings. The van der Waals surface area contributed by atoms with Gasteiger partial charge in [0.2, 0.25) is 5.71 Å². The summed E-state index contributed by atoms with van der Waals surface area (Å²) in [5, 5.41) is 3.36. The standard InChI is InChI=1S/C41H33N4O.C21H23N2Si.Ir/c1-25(2)26(3)35-22-21-33-32-19-12-20-34(39(32)46-41(33)44-35)40-43-36-23-24-42-27(4)37(36)45(40)38-30(28-13-7-5-8-14-28)17-11-18-31(38)29-15-9-6-10-16-29;1-15-11-18(12-16(2)23-15)19-13-20(17-9-7-6-8-10-17)22-14-21(19)24(3,4)5;/h5-19,21-26H,1-4H3;6-9,11-14H,1-5H3;/q2*-1;. The SMILES string of the molecule is Cc1cc(-c2cc(-c3[c-]cccc3)ncc2[Si](C)(C)C)cc(C)n1.Cc1nccc2nc(-c3[c-]ccc4c3oc3nc(C(C)C(C)C)ccc34)n(-c3c(-c4ccccc4)cccc3-c3ccccc3)c12.[Ir]. The van der Waals surface area contributed by atoms with Crippen molar-refractivity contribution in [2.75, 3.05) is 0 Å². The monoisotopic (exact) mass is 1120 g/mol. The van der Waals surface area contributed by atoms with Gasteiger partial charge in [0, 0.05) is 72.0 Å². The fourth-order valence-corrected chi connectivity index (χ4v) is 10.9. The Bertz CT molecular complexity index is 3600. The number of para-hydroxylation sites is 1. The minimum absolute atomic E-state index is 0. The van der Waals surface area contributed by atoms with Crippen LogP contribution in [-0.4, -0.2) is 37.6 Å². The summed E-state index contributed by atoms with van der Waals surface area (Å²) in [5.74, 6) is 1.53. The smallest absolute Gasteiger partial charge is 0.216 e. The molecule has 1 unspecified atom stereocenters. The number of benzene rings is 5. The van der Waals surface area contributed by atoms with Crippen LogP contribution in [0.2, 0.25) is 19.6 Å². The number of aryl methyl sites for hydroxylation is 3. The number of hydrogen-bond donors (Lipinski definition) is 0. The zero-order valence-corrected chi connectivity index (χ0v) is 45.1. The summed E-state index contributed by atoms with van der Waals surface area (Å²) in [6.07, 6.45) is 3.90. The van der Waals surface area contributed by atoms with Gasteiger partial charge in [-0.25, -0.2) is 4.98 Å². The molecule has 0 fully saturated rings. The maximum atomic E-state index is 6.64. The molecule has 6 aromatic heterocycles. The molecule has 6 heterocycles. The third-order valence-electron chi connectivity index (χ3n) is 13.3. The van der Waals surface area contributed by atoms with E-state index in [1.165, 1.54) is 16.3 Å². The number of pyridine rings is 4. The van der Waals surface area contributed by atoms with Crippen LogP contribution in [0.1, 0.15) is 49.5 Å². The first kappa shape index (κ1) is 48.8. The normalized spacial score (nSPS) is 12.0. The van der Waals surface area contributed by atoms with E-state index in [-0.39, 0.29) is 20.1 Å². The zero-order chi connectivity index (χ0) is 48.7. The molecule has 0 aliphatic rings. The van der Waals surface area contributed by atoms with Crippen LogP contribution in [-0.2, 0) is 20.1 Å². The quantitative estimate of drug-likeness (QED) is 0.106. The van der Waals surface area contributed by atoms with Gasteiger partial charge in [-0.1, -0.05) is 136 Å². The predicted molar refractivity (Wildman–Crippen MR) is 291 cm³/mol. The summed E-state index contributed by atoms with van der Waals surface area (Å²) < 4.78 is 8.91. The fourth-order valence-electron chi connectivity index (χ4n) is 9.43. The molecule has 0 saturated heterocycles. The Morgan fingerprint density at radius 2 is 1.28 bits per heavy atom. The molecule has 0 bridgehead atoms. The first-order valence-electron chi connectivity index (χ1n) is 24.1. The summed E-state index contributed by atoms with van der Waals surface area (Å²) >= 11 is 0. The van der Waals surface area contributed by atoms with Gasteiger partial charge in [-0.15, -0.1) is 54.1 Å². The van der Waals surface area contributed by atoms with E-state index in [2.05, 4.69) is 203 Å². The van der Waals surface area contributed by atoms with Gasteiger partial charge in [0.05, 0.1) is 41.9 Å². The van der Waals surface area contributed by atoms with Crippen LogP contribution in [0.5, 0.6) is 0 Å². The summed E-state index contributed by atoms with van der Waals surface area (Å²) in [6.45, 7) is 19.9. The molecule has 9 heteroatoms. The minimum atomic E-state index is -1.51. The number of imidazole rings is 1. The number of furan rings is 1. The van der Waals surface area contributed by atoms with Gasteiger partial charge in [-0.3, -0.25) is 15.0 Å². The number of hydrogen-bond acceptors (Lipinski definition) is 6. The molecule has 0 saturated carbocycles. The van der Waals surface area contributed by atoms with Crippen LogP contribution in [0.15, 0.2) is 168 Å². The van der Waals surface area contributed by atoms with Crippen LogP contribution in [0.3, 0.4) is 0 Å². The van der Waals surface area contributed by atoms with Gasteiger partial charge >= 0.3 is 0 Å². The summed E-state index contributed by atoms with van der Waals surface area (Å²) in [5.41, 5.74) is 17.9. The molecule has 0 aliphatic heterocycles. The molecule has 1 atom stereocenters. The summed E-state index contributed by atoms with van der Waals surface area (Å²) in [6, 6.07) is 59.2. The van der Waals surface area contributed by atoms with E-state index >= 15 is 0 Å². The largest absolute Gasteiger partial charge is 0.486 e. The van der Waals surface area contributed by atoms with Crippen molar-refractivity contribution in [2.24, 2.45) is 5.92 Å². The summed E-state index contributed by atoms with van der Waals surface area (Å²) in [4.78, 5) is 24.3. The number of aromatic nitrogens is 6. The molecule has 11 rings (SSSR count). The number of fused-ring (bicyclic) bond motifs is 4. The molecule has 355 valence electrons. The molecule has 5 aromatic carbocycles. The van der Waals surface area contributed by atoms with E-state index in [4.69, 9.17) is 24.4 Å². The minimum Gasteiger partial charge on any atom is -0.486 e. The van der Waals surface area contributed by atoms with Gasteiger partial charge in [0.15, 0.2) is 0 Å². The average molecular weight is 1120 g/mol. The van der Waals surface area contributed by atoms with Crippen molar-refractivity contribution in [1.29, 1.82) is 0 Å². The Hall–Kier alpha value is -7.16. The molecule has 71 heavy (non-hydrogen) atoms. The molecule has 0 N–H and O–H groups in total. The van der Waals surface area contributed by atoms with Gasteiger partial charge < -0.3 is 14.0 Å². The maximum Gasteiger partial charge on any atom is 0.216 e. The summed E-state index contributed by atoms with van der Waals surface area (Å²) in [7, 11) is -1.51. The van der Waals surface area contributed by atoms with Crippen molar-refractivity contribution in [3.63, 3.8) is 0 Å². The van der Waals surface area contributed by atoms with Crippen molar-refractivity contribution in [3.8, 4) is 61.7 Å². The van der Waals surface area contributed by atoms with Crippen molar-refractivity contribution in [3.05, 3.63) is 199 Å².